The maximum Gasteiger partial charge on any atom is 0.328 e. The highest BCUT2D eigenvalue weighted by Crippen LogP contribution is 2.26. The Morgan fingerprint density at radius 3 is 2.82 bits per heavy atom. The molecule has 22 heavy (non-hydrogen) atoms. The number of nitrogens with one attached hydrogen (secondary N) is 1. The predicted molar refractivity (Wildman–Crippen MR) is 87.4 cm³/mol. The molecular formula is C15H18ClNO4S. The minimum atomic E-state index is -1.13. The van der Waals surface area contributed by atoms with E-state index in [1.54, 1.807) is 6.07 Å². The SMILES string of the molecule is C=CCOCC(NC(=O)CCSc1ccccc1Cl)C(=O)O. The highest BCUT2D eigenvalue weighted by atomic mass is 35.5. The maximum absolute atomic E-state index is 11.8. The first-order chi connectivity index (χ1) is 10.5. The van der Waals surface area contributed by atoms with Gasteiger partial charge in [0.2, 0.25) is 5.91 Å². The lowest BCUT2D eigenvalue weighted by Crippen LogP contribution is -2.44. The van der Waals surface area contributed by atoms with Crippen LogP contribution in [0.3, 0.4) is 0 Å². The van der Waals surface area contributed by atoms with E-state index in [0.717, 1.165) is 4.90 Å². The average molecular weight is 344 g/mol. The van der Waals surface area contributed by atoms with Crippen molar-refractivity contribution in [1.82, 2.24) is 5.32 Å². The van der Waals surface area contributed by atoms with Crippen LogP contribution in [0.5, 0.6) is 0 Å². The molecule has 0 heterocycles. The zero-order valence-corrected chi connectivity index (χ0v) is 13.5. The summed E-state index contributed by atoms with van der Waals surface area (Å²) in [6.45, 7) is 3.61. The Labute approximate surface area is 138 Å². The van der Waals surface area contributed by atoms with Crippen LogP contribution in [0.2, 0.25) is 5.02 Å². The standard InChI is InChI=1S/C15H18ClNO4S/c1-2-8-21-10-12(15(19)20)17-14(18)7-9-22-13-6-4-3-5-11(13)16/h2-6,12H,1,7-10H2,(H,17,18)(H,19,20). The molecule has 1 aromatic rings. The number of amides is 1. The van der Waals surface area contributed by atoms with Crippen molar-refractivity contribution in [3.63, 3.8) is 0 Å². The number of hydrogen-bond donors (Lipinski definition) is 2. The number of hydrogen-bond acceptors (Lipinski definition) is 4. The van der Waals surface area contributed by atoms with E-state index in [0.29, 0.717) is 10.8 Å². The van der Waals surface area contributed by atoms with Crippen molar-refractivity contribution in [2.75, 3.05) is 19.0 Å². The van der Waals surface area contributed by atoms with Crippen LogP contribution in [0.15, 0.2) is 41.8 Å². The number of halogens is 1. The number of thioether (sulfide) groups is 1. The first-order valence-corrected chi connectivity index (χ1v) is 7.99. The van der Waals surface area contributed by atoms with E-state index in [-0.39, 0.29) is 25.5 Å². The molecule has 5 nitrogen and oxygen atoms in total. The molecule has 1 aromatic carbocycles. The molecule has 0 bridgehead atoms. The van der Waals surface area contributed by atoms with Gasteiger partial charge in [-0.25, -0.2) is 4.79 Å². The van der Waals surface area contributed by atoms with Crippen LogP contribution >= 0.6 is 23.4 Å². The molecule has 1 unspecified atom stereocenters. The van der Waals surface area contributed by atoms with Gasteiger partial charge in [0.1, 0.15) is 0 Å². The van der Waals surface area contributed by atoms with Crippen molar-refractivity contribution in [3.05, 3.63) is 41.9 Å². The Kier molecular flexibility index (Phi) is 8.65. The zero-order chi connectivity index (χ0) is 16.4. The summed E-state index contributed by atoms with van der Waals surface area (Å²) in [4.78, 5) is 23.7. The van der Waals surface area contributed by atoms with E-state index in [1.165, 1.54) is 17.8 Å². The molecule has 1 amide bonds. The molecule has 0 aliphatic rings. The first kappa shape index (κ1) is 18.5. The minimum absolute atomic E-state index is 0.0925. The molecule has 0 radical (unpaired) electrons. The van der Waals surface area contributed by atoms with Gasteiger partial charge in [-0.05, 0) is 12.1 Å². The van der Waals surface area contributed by atoms with E-state index in [1.807, 2.05) is 18.2 Å². The molecule has 0 aliphatic carbocycles. The highest BCUT2D eigenvalue weighted by molar-refractivity contribution is 7.99. The van der Waals surface area contributed by atoms with Gasteiger partial charge in [-0.1, -0.05) is 29.8 Å². The van der Waals surface area contributed by atoms with E-state index in [9.17, 15) is 9.59 Å². The summed E-state index contributed by atoms with van der Waals surface area (Å²) < 4.78 is 5.06. The Morgan fingerprint density at radius 2 is 2.18 bits per heavy atom. The summed E-state index contributed by atoms with van der Waals surface area (Å²) in [5.41, 5.74) is 0. The first-order valence-electron chi connectivity index (χ1n) is 6.62. The van der Waals surface area contributed by atoms with Crippen LogP contribution in [-0.2, 0) is 14.3 Å². The fourth-order valence-electron chi connectivity index (χ4n) is 1.53. The number of aliphatic carboxylic acids is 1. The third-order valence-corrected chi connectivity index (χ3v) is 4.09. The third-order valence-electron chi connectivity index (χ3n) is 2.58. The van der Waals surface area contributed by atoms with Gasteiger partial charge in [0.05, 0.1) is 18.2 Å². The molecule has 1 rings (SSSR count). The predicted octanol–water partition coefficient (Wildman–Crippen LogP) is 2.59. The number of carbonyl (C=O) groups excluding carboxylic acids is 1. The van der Waals surface area contributed by atoms with Crippen LogP contribution in [0.4, 0.5) is 0 Å². The fraction of sp³-hybridized carbons (Fsp3) is 0.333. The Hall–Kier alpha value is -1.50. The van der Waals surface area contributed by atoms with Gasteiger partial charge in [0, 0.05) is 17.1 Å². The monoisotopic (exact) mass is 343 g/mol. The lowest BCUT2D eigenvalue weighted by Gasteiger charge is -2.14. The second-order valence-electron chi connectivity index (χ2n) is 4.31. The summed E-state index contributed by atoms with van der Waals surface area (Å²) in [6, 6.07) is 6.29. The van der Waals surface area contributed by atoms with E-state index in [4.69, 9.17) is 21.4 Å². The van der Waals surface area contributed by atoms with E-state index >= 15 is 0 Å². The molecule has 0 fully saturated rings. The number of rotatable bonds is 10. The van der Waals surface area contributed by atoms with Gasteiger partial charge in [0.25, 0.3) is 0 Å². The fourth-order valence-corrected chi connectivity index (χ4v) is 2.71. The number of ether oxygens (including phenoxy) is 1. The van der Waals surface area contributed by atoms with Crippen molar-refractivity contribution in [3.8, 4) is 0 Å². The van der Waals surface area contributed by atoms with Crippen LogP contribution < -0.4 is 5.32 Å². The minimum Gasteiger partial charge on any atom is -0.480 e. The number of carboxylic acid groups (broad SMARTS) is 1. The summed E-state index contributed by atoms with van der Waals surface area (Å²) in [5, 5.41) is 12.1. The molecule has 0 spiro atoms. The van der Waals surface area contributed by atoms with Crippen molar-refractivity contribution < 1.29 is 19.4 Å². The van der Waals surface area contributed by atoms with Gasteiger partial charge in [-0.3, -0.25) is 4.79 Å². The lowest BCUT2D eigenvalue weighted by atomic mass is 10.3. The number of carbonyl (C=O) groups is 2. The van der Waals surface area contributed by atoms with Crippen LogP contribution in [0.1, 0.15) is 6.42 Å². The van der Waals surface area contributed by atoms with E-state index < -0.39 is 12.0 Å². The Morgan fingerprint density at radius 1 is 1.45 bits per heavy atom. The summed E-state index contributed by atoms with van der Waals surface area (Å²) in [7, 11) is 0. The zero-order valence-electron chi connectivity index (χ0n) is 12.0. The lowest BCUT2D eigenvalue weighted by molar-refractivity contribution is -0.143. The number of carboxylic acids is 1. The van der Waals surface area contributed by atoms with Gasteiger partial charge in [-0.15, -0.1) is 18.3 Å². The second-order valence-corrected chi connectivity index (χ2v) is 5.86. The van der Waals surface area contributed by atoms with Gasteiger partial charge < -0.3 is 15.2 Å². The summed E-state index contributed by atoms with van der Waals surface area (Å²) >= 11 is 7.46. The molecule has 0 aromatic heterocycles. The number of benzene rings is 1. The van der Waals surface area contributed by atoms with Crippen molar-refractivity contribution >= 4 is 35.2 Å². The van der Waals surface area contributed by atoms with Gasteiger partial charge >= 0.3 is 5.97 Å². The molecule has 120 valence electrons. The largest absolute Gasteiger partial charge is 0.480 e. The Bertz CT molecular complexity index is 524. The Balaban J connectivity index is 2.36. The van der Waals surface area contributed by atoms with Gasteiger partial charge in [-0.2, -0.15) is 0 Å². The highest BCUT2D eigenvalue weighted by Gasteiger charge is 2.19. The van der Waals surface area contributed by atoms with E-state index in [2.05, 4.69) is 11.9 Å². The van der Waals surface area contributed by atoms with Crippen LogP contribution in [-0.4, -0.2) is 42.0 Å². The smallest absolute Gasteiger partial charge is 0.328 e. The summed E-state index contributed by atoms with van der Waals surface area (Å²) in [6.07, 6.45) is 1.71. The molecule has 7 heteroatoms. The maximum atomic E-state index is 11.8. The van der Waals surface area contributed by atoms with Gasteiger partial charge in [0.15, 0.2) is 6.04 Å². The van der Waals surface area contributed by atoms with Crippen molar-refractivity contribution in [1.29, 1.82) is 0 Å². The van der Waals surface area contributed by atoms with Crippen LogP contribution in [0, 0.1) is 0 Å². The molecule has 0 saturated heterocycles. The second kappa shape index (κ2) is 10.3. The van der Waals surface area contributed by atoms with Crippen LogP contribution in [0.25, 0.3) is 0 Å². The molecule has 0 saturated carbocycles. The summed E-state index contributed by atoms with van der Waals surface area (Å²) in [5.74, 6) is -0.958. The molecule has 0 aliphatic heterocycles. The van der Waals surface area contributed by atoms with Crippen molar-refractivity contribution in [2.45, 2.75) is 17.4 Å². The molecule has 2 N–H and O–H groups in total. The third kappa shape index (κ3) is 6.98. The normalized spacial score (nSPS) is 11.7. The average Bonchev–Trinajstić information content (AvgIpc) is 2.48. The molecule has 1 atom stereocenters. The quantitative estimate of drug-likeness (QED) is 0.388. The topological polar surface area (TPSA) is 75.6 Å². The van der Waals surface area contributed by atoms with Crippen molar-refractivity contribution in [2.24, 2.45) is 0 Å². The molecular weight excluding hydrogens is 326 g/mol.